The van der Waals surface area contributed by atoms with Gasteiger partial charge < -0.3 is 11.1 Å². The normalized spacial score (nSPS) is 13.1. The Morgan fingerprint density at radius 3 is 2.55 bits per heavy atom. The molecule has 1 atom stereocenters. The number of hydrogen-bond acceptors (Lipinski definition) is 2. The lowest BCUT2D eigenvalue weighted by Crippen LogP contribution is -2.22. The number of carbonyl (C=O) groups excluding carboxylic acids is 1. The van der Waals surface area contributed by atoms with Crippen molar-refractivity contribution in [2.75, 3.05) is 11.9 Å². The van der Waals surface area contributed by atoms with Crippen molar-refractivity contribution in [3.05, 3.63) is 28.8 Å². The van der Waals surface area contributed by atoms with Crippen molar-refractivity contribution < 1.29 is 18.0 Å². The van der Waals surface area contributed by atoms with Gasteiger partial charge in [-0.25, -0.2) is 0 Å². The van der Waals surface area contributed by atoms with Crippen LogP contribution in [0.4, 0.5) is 18.9 Å². The summed E-state index contributed by atoms with van der Waals surface area (Å²) in [5.74, 6) is -0.367. The van der Waals surface area contributed by atoms with E-state index in [2.05, 4.69) is 5.32 Å². The molecule has 1 amide bonds. The fourth-order valence-corrected chi connectivity index (χ4v) is 1.93. The third-order valence-electron chi connectivity index (χ3n) is 2.89. The number of benzene rings is 1. The first-order valence-corrected chi connectivity index (χ1v) is 6.51. The zero-order valence-corrected chi connectivity index (χ0v) is 11.7. The van der Waals surface area contributed by atoms with Gasteiger partial charge in [-0.1, -0.05) is 24.9 Å². The third-order valence-corrected chi connectivity index (χ3v) is 3.11. The van der Waals surface area contributed by atoms with Crippen LogP contribution in [-0.2, 0) is 11.0 Å². The predicted octanol–water partition coefficient (Wildman–Crippen LogP) is 3.67. The largest absolute Gasteiger partial charge is 0.416 e. The van der Waals surface area contributed by atoms with E-state index in [-0.39, 0.29) is 29.0 Å². The van der Waals surface area contributed by atoms with Crippen molar-refractivity contribution in [2.45, 2.75) is 25.9 Å². The van der Waals surface area contributed by atoms with Gasteiger partial charge in [-0.2, -0.15) is 13.2 Å². The van der Waals surface area contributed by atoms with Crippen molar-refractivity contribution in [3.63, 3.8) is 0 Å². The van der Waals surface area contributed by atoms with Gasteiger partial charge in [0.1, 0.15) is 0 Å². The Balaban J connectivity index is 2.82. The Labute approximate surface area is 120 Å². The third kappa shape index (κ3) is 5.02. The molecule has 3 nitrogen and oxygen atoms in total. The maximum atomic E-state index is 12.6. The smallest absolute Gasteiger partial charge is 0.330 e. The summed E-state index contributed by atoms with van der Waals surface area (Å²) < 4.78 is 37.9. The summed E-state index contributed by atoms with van der Waals surface area (Å²) in [6, 6.07) is 2.94. The summed E-state index contributed by atoms with van der Waals surface area (Å²) in [5, 5.41) is 2.33. The van der Waals surface area contributed by atoms with Gasteiger partial charge in [0.25, 0.3) is 0 Å². The maximum absolute atomic E-state index is 12.6. The van der Waals surface area contributed by atoms with Crippen molar-refractivity contribution in [1.29, 1.82) is 0 Å². The summed E-state index contributed by atoms with van der Waals surface area (Å²) in [7, 11) is 0. The van der Waals surface area contributed by atoms with E-state index >= 15 is 0 Å². The second-order valence-electron chi connectivity index (χ2n) is 4.49. The molecule has 3 N–H and O–H groups in total. The Bertz CT molecular complexity index is 473. The number of halogens is 4. The molecule has 1 rings (SSSR count). The predicted molar refractivity (Wildman–Crippen MR) is 72.5 cm³/mol. The molecule has 0 aliphatic heterocycles. The SMILES string of the molecule is CCC(CN)CC(=O)Nc1cc(Cl)cc(C(F)(F)F)c1. The number of alkyl halides is 3. The van der Waals surface area contributed by atoms with Gasteiger partial charge >= 0.3 is 6.18 Å². The van der Waals surface area contributed by atoms with E-state index in [0.717, 1.165) is 18.6 Å². The highest BCUT2D eigenvalue weighted by atomic mass is 35.5. The second-order valence-corrected chi connectivity index (χ2v) is 4.93. The first-order chi connectivity index (χ1) is 9.26. The average molecular weight is 309 g/mol. The van der Waals surface area contributed by atoms with Gasteiger partial charge in [0.05, 0.1) is 5.56 Å². The fourth-order valence-electron chi connectivity index (χ4n) is 1.69. The molecule has 0 aliphatic rings. The molecule has 0 spiro atoms. The van der Waals surface area contributed by atoms with E-state index in [1.54, 1.807) is 0 Å². The Morgan fingerprint density at radius 1 is 1.40 bits per heavy atom. The topological polar surface area (TPSA) is 55.1 Å². The van der Waals surface area contributed by atoms with E-state index in [4.69, 9.17) is 17.3 Å². The van der Waals surface area contributed by atoms with Gasteiger partial charge in [-0.15, -0.1) is 0 Å². The second kappa shape index (κ2) is 6.95. The van der Waals surface area contributed by atoms with Crippen LogP contribution in [0.2, 0.25) is 5.02 Å². The lowest BCUT2D eigenvalue weighted by molar-refractivity contribution is -0.137. The highest BCUT2D eigenvalue weighted by Crippen LogP contribution is 2.33. The number of amides is 1. The number of hydrogen-bond donors (Lipinski definition) is 2. The minimum atomic E-state index is -4.51. The first kappa shape index (κ1) is 16.8. The number of rotatable bonds is 5. The van der Waals surface area contributed by atoms with Gasteiger partial charge in [-0.3, -0.25) is 4.79 Å². The monoisotopic (exact) mass is 308 g/mol. The number of nitrogens with two attached hydrogens (primary N) is 1. The summed E-state index contributed by atoms with van der Waals surface area (Å²) in [5.41, 5.74) is 4.61. The molecule has 0 fully saturated rings. The molecule has 0 saturated heterocycles. The van der Waals surface area contributed by atoms with E-state index < -0.39 is 11.7 Å². The van der Waals surface area contributed by atoms with Gasteiger partial charge in [-0.05, 0) is 30.7 Å². The summed E-state index contributed by atoms with van der Waals surface area (Å²) in [6.45, 7) is 2.25. The first-order valence-electron chi connectivity index (χ1n) is 6.14. The molecular formula is C13H16ClF3N2O. The number of anilines is 1. The maximum Gasteiger partial charge on any atom is 0.416 e. The molecule has 0 radical (unpaired) electrons. The number of carbonyl (C=O) groups is 1. The van der Waals surface area contributed by atoms with E-state index in [9.17, 15) is 18.0 Å². The molecule has 0 bridgehead atoms. The highest BCUT2D eigenvalue weighted by Gasteiger charge is 2.31. The van der Waals surface area contributed by atoms with Crippen LogP contribution in [0.15, 0.2) is 18.2 Å². The molecule has 112 valence electrons. The van der Waals surface area contributed by atoms with Crippen LogP contribution in [0.1, 0.15) is 25.3 Å². The van der Waals surface area contributed by atoms with Crippen molar-refractivity contribution in [3.8, 4) is 0 Å². The average Bonchev–Trinajstić information content (AvgIpc) is 2.34. The summed E-state index contributed by atoms with van der Waals surface area (Å²) in [6.07, 6.45) is -3.61. The zero-order valence-electron chi connectivity index (χ0n) is 10.9. The van der Waals surface area contributed by atoms with Gasteiger partial charge in [0, 0.05) is 17.1 Å². The molecule has 20 heavy (non-hydrogen) atoms. The Hall–Kier alpha value is -1.27. The molecule has 0 aliphatic carbocycles. The molecule has 0 saturated carbocycles. The number of nitrogens with one attached hydrogen (secondary N) is 1. The van der Waals surface area contributed by atoms with Crippen LogP contribution in [0.5, 0.6) is 0 Å². The van der Waals surface area contributed by atoms with Crippen LogP contribution < -0.4 is 11.1 Å². The van der Waals surface area contributed by atoms with Crippen LogP contribution in [0.3, 0.4) is 0 Å². The molecule has 1 unspecified atom stereocenters. The Morgan fingerprint density at radius 2 is 2.05 bits per heavy atom. The van der Waals surface area contributed by atoms with E-state index in [0.29, 0.717) is 6.54 Å². The summed E-state index contributed by atoms with van der Waals surface area (Å²) >= 11 is 5.63. The highest BCUT2D eigenvalue weighted by molar-refractivity contribution is 6.31. The molecule has 7 heteroatoms. The van der Waals surface area contributed by atoms with E-state index in [1.807, 2.05) is 6.92 Å². The standard InChI is InChI=1S/C13H16ClF3N2O/c1-2-8(7-18)3-12(20)19-11-5-9(13(15,16)17)4-10(14)6-11/h4-6,8H,2-3,7,18H2,1H3,(H,19,20). The molecule has 1 aromatic carbocycles. The lowest BCUT2D eigenvalue weighted by Gasteiger charge is -2.14. The fraction of sp³-hybridized carbons (Fsp3) is 0.462. The van der Waals surface area contributed by atoms with E-state index in [1.165, 1.54) is 6.07 Å². The zero-order chi connectivity index (χ0) is 15.3. The van der Waals surface area contributed by atoms with Crippen LogP contribution in [-0.4, -0.2) is 12.5 Å². The van der Waals surface area contributed by atoms with Gasteiger partial charge in [0.15, 0.2) is 0 Å². The summed E-state index contributed by atoms with van der Waals surface area (Å²) in [4.78, 5) is 11.7. The quantitative estimate of drug-likeness (QED) is 0.872. The van der Waals surface area contributed by atoms with Gasteiger partial charge in [0.2, 0.25) is 5.91 Å². The van der Waals surface area contributed by atoms with Crippen LogP contribution in [0, 0.1) is 5.92 Å². The lowest BCUT2D eigenvalue weighted by atomic mass is 10.0. The van der Waals surface area contributed by atoms with Crippen molar-refractivity contribution >= 4 is 23.2 Å². The van der Waals surface area contributed by atoms with Crippen LogP contribution >= 0.6 is 11.6 Å². The Kier molecular flexibility index (Phi) is 5.83. The molecule has 0 heterocycles. The molecular weight excluding hydrogens is 293 g/mol. The van der Waals surface area contributed by atoms with Crippen LogP contribution in [0.25, 0.3) is 0 Å². The molecule has 0 aromatic heterocycles. The van der Waals surface area contributed by atoms with Crippen molar-refractivity contribution in [1.82, 2.24) is 0 Å². The van der Waals surface area contributed by atoms with Crippen molar-refractivity contribution in [2.24, 2.45) is 11.7 Å². The molecule has 1 aromatic rings. The minimum absolute atomic E-state index is 0.0104. The minimum Gasteiger partial charge on any atom is -0.330 e.